The summed E-state index contributed by atoms with van der Waals surface area (Å²) < 4.78 is 0. The van der Waals surface area contributed by atoms with Crippen LogP contribution in [0, 0.1) is 11.8 Å². The number of hydrogen-bond donors (Lipinski definition) is 3. The van der Waals surface area contributed by atoms with Crippen molar-refractivity contribution in [1.82, 2.24) is 10.7 Å². The Kier molecular flexibility index (Phi) is 3.69. The number of fused-ring (bicyclic) bond motifs is 2. The zero-order chi connectivity index (χ0) is 13.9. The second kappa shape index (κ2) is 5.63. The van der Waals surface area contributed by atoms with Crippen molar-refractivity contribution in [3.8, 4) is 5.75 Å². The van der Waals surface area contributed by atoms with Crippen LogP contribution in [0.1, 0.15) is 18.4 Å². The van der Waals surface area contributed by atoms with Crippen molar-refractivity contribution in [2.45, 2.75) is 18.9 Å². The third kappa shape index (κ3) is 2.82. The summed E-state index contributed by atoms with van der Waals surface area (Å²) in [5.74, 6) is 1.52. The second-order valence-corrected chi connectivity index (χ2v) is 5.70. The predicted octanol–water partition coefficient (Wildman–Crippen LogP) is 2.15. The van der Waals surface area contributed by atoms with Gasteiger partial charge in [0.05, 0.1) is 6.21 Å². The minimum atomic E-state index is 0.204. The van der Waals surface area contributed by atoms with Crippen molar-refractivity contribution in [2.75, 3.05) is 0 Å². The Hall–Kier alpha value is -1.88. The van der Waals surface area contributed by atoms with Gasteiger partial charge in [0, 0.05) is 11.6 Å². The van der Waals surface area contributed by atoms with Gasteiger partial charge in [0.25, 0.3) is 0 Å². The lowest BCUT2D eigenvalue weighted by Gasteiger charge is -2.20. The first-order chi connectivity index (χ1) is 9.72. The SMILES string of the molecule is Oc1ccccc1/C=N\NC(=S)N[C@H]1C[C@@H]2C=C[C@@H]1C2. The maximum atomic E-state index is 9.60. The van der Waals surface area contributed by atoms with Crippen LogP contribution in [-0.4, -0.2) is 22.5 Å². The van der Waals surface area contributed by atoms with Crippen molar-refractivity contribution in [1.29, 1.82) is 0 Å². The van der Waals surface area contributed by atoms with E-state index in [9.17, 15) is 5.11 Å². The number of hydrazone groups is 1. The highest BCUT2D eigenvalue weighted by atomic mass is 32.1. The van der Waals surface area contributed by atoms with Crippen LogP contribution in [-0.2, 0) is 0 Å². The maximum absolute atomic E-state index is 9.60. The van der Waals surface area contributed by atoms with Crippen LogP contribution in [0.15, 0.2) is 41.5 Å². The molecule has 0 saturated heterocycles. The fourth-order valence-corrected chi connectivity index (χ4v) is 3.11. The Balaban J connectivity index is 1.50. The second-order valence-electron chi connectivity index (χ2n) is 5.29. The van der Waals surface area contributed by atoms with E-state index in [1.165, 1.54) is 6.42 Å². The van der Waals surface area contributed by atoms with Crippen LogP contribution in [0.25, 0.3) is 0 Å². The molecule has 4 nitrogen and oxygen atoms in total. The van der Waals surface area contributed by atoms with Crippen LogP contribution in [0.2, 0.25) is 0 Å². The fraction of sp³-hybridized carbons (Fsp3) is 0.333. The molecule has 0 spiro atoms. The van der Waals surface area contributed by atoms with E-state index in [1.54, 1.807) is 24.4 Å². The summed E-state index contributed by atoms with van der Waals surface area (Å²) >= 11 is 5.23. The number of phenolic OH excluding ortho intramolecular Hbond substituents is 1. The molecule has 0 heterocycles. The number of nitrogens with one attached hydrogen (secondary N) is 2. The average molecular weight is 287 g/mol. The summed E-state index contributed by atoms with van der Waals surface area (Å²) in [5, 5.41) is 17.5. The van der Waals surface area contributed by atoms with Gasteiger partial charge < -0.3 is 10.4 Å². The van der Waals surface area contributed by atoms with Gasteiger partial charge in [0.1, 0.15) is 5.75 Å². The molecule has 2 bridgehead atoms. The maximum Gasteiger partial charge on any atom is 0.187 e. The molecule has 3 rings (SSSR count). The van der Waals surface area contributed by atoms with Gasteiger partial charge in [-0.1, -0.05) is 24.3 Å². The molecule has 1 aromatic carbocycles. The molecule has 0 radical (unpaired) electrons. The van der Waals surface area contributed by atoms with E-state index >= 15 is 0 Å². The molecule has 20 heavy (non-hydrogen) atoms. The van der Waals surface area contributed by atoms with Crippen molar-refractivity contribution < 1.29 is 5.11 Å². The molecule has 2 aliphatic rings. The largest absolute Gasteiger partial charge is 0.507 e. The first-order valence-corrected chi connectivity index (χ1v) is 7.19. The number of phenols is 1. The lowest BCUT2D eigenvalue weighted by molar-refractivity contribution is 0.474. The molecule has 1 aromatic rings. The first-order valence-electron chi connectivity index (χ1n) is 6.78. The quantitative estimate of drug-likeness (QED) is 0.345. The van der Waals surface area contributed by atoms with Gasteiger partial charge in [-0.25, -0.2) is 0 Å². The lowest BCUT2D eigenvalue weighted by Crippen LogP contribution is -2.42. The minimum absolute atomic E-state index is 0.204. The number of nitrogens with zero attached hydrogens (tertiary/aromatic N) is 1. The smallest absolute Gasteiger partial charge is 0.187 e. The number of hydrogen-bond acceptors (Lipinski definition) is 3. The molecule has 2 aliphatic carbocycles. The summed E-state index contributed by atoms with van der Waals surface area (Å²) in [6, 6.07) is 7.45. The number of allylic oxidation sites excluding steroid dienone is 1. The molecule has 1 saturated carbocycles. The number of benzene rings is 1. The van der Waals surface area contributed by atoms with Gasteiger partial charge in [0.15, 0.2) is 5.11 Å². The third-order valence-corrected chi connectivity index (χ3v) is 4.11. The minimum Gasteiger partial charge on any atom is -0.507 e. The fourth-order valence-electron chi connectivity index (χ4n) is 2.90. The van der Waals surface area contributed by atoms with Gasteiger partial charge in [-0.15, -0.1) is 0 Å². The molecular formula is C15H17N3OS. The highest BCUT2D eigenvalue weighted by Crippen LogP contribution is 2.38. The predicted molar refractivity (Wildman–Crippen MR) is 83.7 cm³/mol. The summed E-state index contributed by atoms with van der Waals surface area (Å²) in [4.78, 5) is 0. The monoisotopic (exact) mass is 287 g/mol. The van der Waals surface area contributed by atoms with E-state index < -0.39 is 0 Å². The van der Waals surface area contributed by atoms with Crippen molar-refractivity contribution in [3.63, 3.8) is 0 Å². The van der Waals surface area contributed by atoms with Gasteiger partial charge in [-0.3, -0.25) is 5.43 Å². The van der Waals surface area contributed by atoms with Crippen LogP contribution in [0.4, 0.5) is 0 Å². The zero-order valence-corrected chi connectivity index (χ0v) is 11.8. The molecule has 3 N–H and O–H groups in total. The third-order valence-electron chi connectivity index (χ3n) is 3.90. The van der Waals surface area contributed by atoms with Crippen LogP contribution < -0.4 is 10.7 Å². The van der Waals surface area contributed by atoms with Gasteiger partial charge in [0.2, 0.25) is 0 Å². The molecular weight excluding hydrogens is 270 g/mol. The first kappa shape index (κ1) is 13.1. The summed E-state index contributed by atoms with van der Waals surface area (Å²) in [5.41, 5.74) is 3.46. The van der Waals surface area contributed by atoms with E-state index in [0.29, 0.717) is 28.6 Å². The van der Waals surface area contributed by atoms with Crippen molar-refractivity contribution >= 4 is 23.5 Å². The number of thiocarbonyl (C=S) groups is 1. The average Bonchev–Trinajstić information content (AvgIpc) is 3.03. The number of para-hydroxylation sites is 1. The molecule has 0 aromatic heterocycles. The van der Waals surface area contributed by atoms with E-state index in [4.69, 9.17) is 12.2 Å². The van der Waals surface area contributed by atoms with Crippen molar-refractivity contribution in [2.24, 2.45) is 16.9 Å². The van der Waals surface area contributed by atoms with Gasteiger partial charge in [-0.05, 0) is 49.0 Å². The summed E-state index contributed by atoms with van der Waals surface area (Å²) in [6.07, 6.45) is 8.52. The topological polar surface area (TPSA) is 56.7 Å². The van der Waals surface area contributed by atoms with E-state index in [1.807, 2.05) is 6.07 Å². The zero-order valence-electron chi connectivity index (χ0n) is 11.0. The Morgan fingerprint density at radius 3 is 2.85 bits per heavy atom. The molecule has 1 fully saturated rings. The van der Waals surface area contributed by atoms with Crippen LogP contribution >= 0.6 is 12.2 Å². The molecule has 3 atom stereocenters. The Morgan fingerprint density at radius 2 is 2.15 bits per heavy atom. The van der Waals surface area contributed by atoms with E-state index in [2.05, 4.69) is 28.0 Å². The molecule has 5 heteroatoms. The molecule has 0 unspecified atom stereocenters. The van der Waals surface area contributed by atoms with Crippen molar-refractivity contribution in [3.05, 3.63) is 42.0 Å². The highest BCUT2D eigenvalue weighted by molar-refractivity contribution is 7.80. The van der Waals surface area contributed by atoms with Gasteiger partial charge >= 0.3 is 0 Å². The number of aromatic hydroxyl groups is 1. The Morgan fingerprint density at radius 1 is 1.30 bits per heavy atom. The van der Waals surface area contributed by atoms with Crippen LogP contribution in [0.3, 0.4) is 0 Å². The summed E-state index contributed by atoms with van der Waals surface area (Å²) in [7, 11) is 0. The van der Waals surface area contributed by atoms with Crippen LogP contribution in [0.5, 0.6) is 5.75 Å². The lowest BCUT2D eigenvalue weighted by atomic mass is 10.0. The number of rotatable bonds is 3. The Bertz CT molecular complexity index is 570. The normalized spacial score (nSPS) is 27.1. The summed E-state index contributed by atoms with van der Waals surface area (Å²) in [6.45, 7) is 0. The Labute approximate surface area is 123 Å². The van der Waals surface area contributed by atoms with E-state index in [-0.39, 0.29) is 5.75 Å². The van der Waals surface area contributed by atoms with E-state index in [0.717, 1.165) is 6.42 Å². The molecule has 104 valence electrons. The van der Waals surface area contributed by atoms with Gasteiger partial charge in [-0.2, -0.15) is 5.10 Å². The standard InChI is InChI=1S/C15H17N3OS/c19-14-4-2-1-3-12(14)9-16-18-15(20)17-13-8-10-5-6-11(13)7-10/h1-6,9-11,13,19H,7-8H2,(H2,17,18,20)/b16-9-/t10-,11-,13+/m1/s1. The molecule has 0 aliphatic heterocycles. The highest BCUT2D eigenvalue weighted by Gasteiger charge is 2.35. The molecule has 0 amide bonds.